The average Bonchev–Trinajstić information content (AvgIpc) is 3.54. The van der Waals surface area contributed by atoms with Crippen molar-refractivity contribution in [2.24, 2.45) is 0 Å². The molecule has 53 heavy (non-hydrogen) atoms. The Labute approximate surface area is 319 Å². The second-order valence-corrected chi connectivity index (χ2v) is 15.5. The van der Waals surface area contributed by atoms with Crippen molar-refractivity contribution < 1.29 is 0 Å². The molecule has 0 fully saturated rings. The topological polar surface area (TPSA) is 25.8 Å². The minimum absolute atomic E-state index is 0.00677. The van der Waals surface area contributed by atoms with E-state index in [1.807, 2.05) is 62.6 Å². The van der Waals surface area contributed by atoms with Crippen molar-refractivity contribution in [2.45, 2.75) is 99.3 Å². The van der Waals surface area contributed by atoms with Crippen LogP contribution in [0.2, 0.25) is 0 Å². The lowest BCUT2D eigenvalue weighted by atomic mass is 9.76. The summed E-state index contributed by atoms with van der Waals surface area (Å²) in [6, 6.07) is 30.6. The van der Waals surface area contributed by atoms with Gasteiger partial charge in [-0.2, -0.15) is 0 Å². The Kier molecular flexibility index (Phi) is 11.0. The Bertz CT molecular complexity index is 2240. The molecule has 0 radical (unpaired) electrons. The molecule has 0 amide bonds. The van der Waals surface area contributed by atoms with Gasteiger partial charge in [0.15, 0.2) is 0 Å². The Morgan fingerprint density at radius 3 is 2.08 bits per heavy atom. The van der Waals surface area contributed by atoms with Crippen LogP contribution < -0.4 is 0 Å². The first-order chi connectivity index (χ1) is 25.5. The van der Waals surface area contributed by atoms with E-state index >= 15 is 0 Å². The average molecular weight is 697 g/mol. The van der Waals surface area contributed by atoms with Crippen LogP contribution in [0.25, 0.3) is 33.4 Å². The first-order valence-electron chi connectivity index (χ1n) is 19.5. The molecule has 0 aliphatic heterocycles. The van der Waals surface area contributed by atoms with Crippen LogP contribution in [0.5, 0.6) is 0 Å². The minimum Gasteiger partial charge on any atom is -0.261 e. The smallest absolute Gasteiger partial charge is 0.0658 e. The highest BCUT2D eigenvalue weighted by Crippen LogP contribution is 2.56. The van der Waals surface area contributed by atoms with Crippen molar-refractivity contribution in [1.29, 1.82) is 0 Å². The maximum absolute atomic E-state index is 4.34. The van der Waals surface area contributed by atoms with Crippen LogP contribution in [0.4, 0.5) is 0 Å². The number of nitrogens with zero attached hydrogens (tertiary/aromatic N) is 2. The van der Waals surface area contributed by atoms with Gasteiger partial charge in [0, 0.05) is 35.3 Å². The molecule has 270 valence electrons. The zero-order chi connectivity index (χ0) is 37.9. The normalized spacial score (nSPS) is 16.0. The van der Waals surface area contributed by atoms with Crippen LogP contribution in [-0.2, 0) is 17.3 Å². The van der Waals surface area contributed by atoms with E-state index in [9.17, 15) is 0 Å². The summed E-state index contributed by atoms with van der Waals surface area (Å²) >= 11 is 0. The molecule has 8 rings (SSSR count). The minimum atomic E-state index is -0.00677. The van der Waals surface area contributed by atoms with Gasteiger partial charge in [0.2, 0.25) is 0 Å². The summed E-state index contributed by atoms with van der Waals surface area (Å²) in [6.45, 7) is 22.4. The molecular formula is C51H56N2. The van der Waals surface area contributed by atoms with Crippen molar-refractivity contribution >= 4 is 11.1 Å². The fraction of sp³-hybridized carbons (Fsp3) is 0.294. The fourth-order valence-corrected chi connectivity index (χ4v) is 8.56. The Morgan fingerprint density at radius 1 is 0.660 bits per heavy atom. The number of hydrogen-bond donors (Lipinski definition) is 0. The van der Waals surface area contributed by atoms with Gasteiger partial charge in [-0.25, -0.2) is 0 Å². The van der Waals surface area contributed by atoms with E-state index in [1.54, 1.807) is 0 Å². The molecule has 3 aliphatic carbocycles. The van der Waals surface area contributed by atoms with Gasteiger partial charge in [-0.3, -0.25) is 9.97 Å². The van der Waals surface area contributed by atoms with Crippen LogP contribution in [0.3, 0.4) is 0 Å². The standard InChI is InChI=1S/C32H32.C17H18N2.C2H6/c1-19-15-16-23-21-11-7-10-14-27(21)32(5,6)30(23)29(19)24-18-25-22-12-8-9-13-26(22)31(3,4)28(25)17-20(24)2;1-14(9-10-16-7-3-5-11-18-16)13-15(2)17-8-4-6-12-19-17;1-2/h7,10-18H,8-9H2,1-6H3;3-9,11-13H,10H2,1-2H3;1-2H3/b;14-9-,15-13+;. The van der Waals surface area contributed by atoms with Crippen molar-refractivity contribution in [3.05, 3.63) is 178 Å². The van der Waals surface area contributed by atoms with Crippen molar-refractivity contribution in [3.8, 4) is 22.3 Å². The van der Waals surface area contributed by atoms with Gasteiger partial charge >= 0.3 is 0 Å². The summed E-state index contributed by atoms with van der Waals surface area (Å²) < 4.78 is 0. The molecule has 2 heteroatoms. The number of fused-ring (bicyclic) bond motifs is 6. The molecule has 0 unspecified atom stereocenters. The lowest BCUT2D eigenvalue weighted by Gasteiger charge is -2.27. The first kappa shape index (κ1) is 37.7. The van der Waals surface area contributed by atoms with E-state index in [4.69, 9.17) is 0 Å². The van der Waals surface area contributed by atoms with Gasteiger partial charge in [-0.1, -0.05) is 126 Å². The zero-order valence-electron chi connectivity index (χ0n) is 33.6. The molecular weight excluding hydrogens is 641 g/mol. The van der Waals surface area contributed by atoms with Gasteiger partial charge in [0.05, 0.1) is 5.69 Å². The number of hydrogen-bond acceptors (Lipinski definition) is 2. The molecule has 2 heterocycles. The van der Waals surface area contributed by atoms with Gasteiger partial charge < -0.3 is 0 Å². The summed E-state index contributed by atoms with van der Waals surface area (Å²) in [5, 5.41) is 0. The van der Waals surface area contributed by atoms with Crippen LogP contribution in [0.1, 0.15) is 113 Å². The summed E-state index contributed by atoms with van der Waals surface area (Å²) in [6.07, 6.45) is 16.1. The second-order valence-electron chi connectivity index (χ2n) is 15.5. The maximum atomic E-state index is 4.34. The van der Waals surface area contributed by atoms with Crippen LogP contribution >= 0.6 is 0 Å². The number of aryl methyl sites for hydroxylation is 2. The predicted octanol–water partition coefficient (Wildman–Crippen LogP) is 13.8. The highest BCUT2D eigenvalue weighted by molar-refractivity contribution is 5.95. The number of rotatable bonds is 5. The first-order valence-corrected chi connectivity index (χ1v) is 19.5. The summed E-state index contributed by atoms with van der Waals surface area (Å²) in [5.41, 5.74) is 21.9. The Balaban J connectivity index is 0.000000196. The van der Waals surface area contributed by atoms with Gasteiger partial charge in [0.25, 0.3) is 0 Å². The SMILES string of the molecule is CC.CC(=C/Cc1ccccn1)/C=C(\C)c1ccccn1.Cc1cc2c(cc1-c1c(C)ccc3c1C(C)(C)c1ccccc1-3)C1=CCCC=C1C2(C)C. The van der Waals surface area contributed by atoms with Crippen LogP contribution in [0, 0.1) is 13.8 Å². The molecule has 0 N–H and O–H groups in total. The van der Waals surface area contributed by atoms with Crippen LogP contribution in [0.15, 0.2) is 133 Å². The number of pyridine rings is 2. The molecule has 0 atom stereocenters. The van der Waals surface area contributed by atoms with E-state index in [1.165, 1.54) is 84.3 Å². The fourth-order valence-electron chi connectivity index (χ4n) is 8.56. The predicted molar refractivity (Wildman–Crippen MR) is 228 cm³/mol. The van der Waals surface area contributed by atoms with E-state index in [-0.39, 0.29) is 10.8 Å². The zero-order valence-corrected chi connectivity index (χ0v) is 33.6. The highest BCUT2D eigenvalue weighted by atomic mass is 14.7. The molecule has 5 aromatic rings. The third-order valence-corrected chi connectivity index (χ3v) is 11.2. The van der Waals surface area contributed by atoms with E-state index in [0.717, 1.165) is 24.2 Å². The number of aromatic nitrogens is 2. The van der Waals surface area contributed by atoms with Gasteiger partial charge in [-0.15, -0.1) is 0 Å². The maximum Gasteiger partial charge on any atom is 0.0658 e. The third-order valence-electron chi connectivity index (χ3n) is 11.2. The number of benzene rings is 3. The van der Waals surface area contributed by atoms with Gasteiger partial charge in [-0.05, 0) is 143 Å². The van der Waals surface area contributed by atoms with E-state index < -0.39 is 0 Å². The molecule has 2 nitrogen and oxygen atoms in total. The molecule has 3 aliphatic rings. The lowest BCUT2D eigenvalue weighted by molar-refractivity contribution is 0.653. The van der Waals surface area contributed by atoms with Crippen molar-refractivity contribution in [2.75, 3.05) is 0 Å². The Morgan fingerprint density at radius 2 is 1.36 bits per heavy atom. The molecule has 0 bridgehead atoms. The third kappa shape index (κ3) is 7.17. The molecule has 2 aromatic heterocycles. The highest BCUT2D eigenvalue weighted by Gasteiger charge is 2.41. The van der Waals surface area contributed by atoms with Crippen molar-refractivity contribution in [1.82, 2.24) is 9.97 Å². The van der Waals surface area contributed by atoms with Gasteiger partial charge in [0.1, 0.15) is 0 Å². The lowest BCUT2D eigenvalue weighted by Crippen LogP contribution is -2.17. The van der Waals surface area contributed by atoms with E-state index in [2.05, 4.69) is 138 Å². The summed E-state index contributed by atoms with van der Waals surface area (Å²) in [5.74, 6) is 0. The molecule has 0 saturated heterocycles. The monoisotopic (exact) mass is 696 g/mol. The molecule has 3 aromatic carbocycles. The van der Waals surface area contributed by atoms with Crippen LogP contribution in [-0.4, -0.2) is 9.97 Å². The largest absolute Gasteiger partial charge is 0.261 e. The summed E-state index contributed by atoms with van der Waals surface area (Å²) in [4.78, 5) is 8.65. The van der Waals surface area contributed by atoms with Crippen molar-refractivity contribution in [3.63, 3.8) is 0 Å². The second kappa shape index (κ2) is 15.5. The van der Waals surface area contributed by atoms with E-state index in [0.29, 0.717) is 0 Å². The Hall–Kier alpha value is -5.08. The molecule has 0 saturated carbocycles. The number of allylic oxidation sites excluding steroid dienone is 8. The molecule has 0 spiro atoms. The quantitative estimate of drug-likeness (QED) is 0.171. The summed E-state index contributed by atoms with van der Waals surface area (Å²) in [7, 11) is 0.